The quantitative estimate of drug-likeness (QED) is 0.0316. The zero-order valence-corrected chi connectivity index (χ0v) is 71.3. The van der Waals surface area contributed by atoms with Crippen molar-refractivity contribution in [2.45, 2.75) is 135 Å². The van der Waals surface area contributed by atoms with E-state index in [-0.39, 0.29) is 0 Å². The molecule has 572 valence electrons. The Morgan fingerprint density at radius 1 is 0.431 bits per heavy atom. The van der Waals surface area contributed by atoms with Crippen molar-refractivity contribution in [2.75, 3.05) is 55.9 Å². The molecular formula is C81H96Br2ClIN20O4. The number of nitrogens with zero attached hydrogens (tertiary/aromatic N) is 14. The number of ether oxygens (including phenoxy) is 4. The monoisotopic (exact) mass is 1730 g/mol. The number of rotatable bonds is 15. The van der Waals surface area contributed by atoms with Crippen molar-refractivity contribution in [3.05, 3.63) is 203 Å². The largest absolute Gasteiger partial charge is 0.496 e. The van der Waals surface area contributed by atoms with Gasteiger partial charge in [0.25, 0.3) is 0 Å². The van der Waals surface area contributed by atoms with E-state index < -0.39 is 0 Å². The Morgan fingerprint density at radius 2 is 0.752 bits per heavy atom. The number of nitrogens with one attached hydrogen (secondary N) is 3. The van der Waals surface area contributed by atoms with E-state index in [0.717, 1.165) is 171 Å². The Bertz CT molecular complexity index is 5330. The number of benzene rings is 5. The van der Waals surface area contributed by atoms with E-state index in [1.165, 1.54) is 0 Å². The summed E-state index contributed by atoms with van der Waals surface area (Å²) >= 11 is 15.5. The van der Waals surface area contributed by atoms with Gasteiger partial charge in [-0.1, -0.05) is 69.4 Å². The third-order valence-electron chi connectivity index (χ3n) is 16.4. The fraction of sp³-hybridized carbons (Fsp3) is 0.296. The lowest BCUT2D eigenvalue weighted by molar-refractivity contribution is 0.416. The number of imidazole rings is 1. The third kappa shape index (κ3) is 20.1. The average Bonchev–Trinajstić information content (AvgIpc) is 1.64. The van der Waals surface area contributed by atoms with Gasteiger partial charge >= 0.3 is 0 Å². The first-order valence-corrected chi connectivity index (χ1v) is 38.3. The summed E-state index contributed by atoms with van der Waals surface area (Å²) in [6.45, 7) is 32.4. The molecular weight excluding hydrogens is 1640 g/mol. The van der Waals surface area contributed by atoms with Crippen molar-refractivity contribution in [3.8, 4) is 73.2 Å². The lowest BCUT2D eigenvalue weighted by atomic mass is 10.0. The molecule has 9 N–H and O–H groups in total. The topological polar surface area (TPSA) is 290 Å². The van der Waals surface area contributed by atoms with Crippen LogP contribution in [0.15, 0.2) is 149 Å². The van der Waals surface area contributed by atoms with E-state index >= 15 is 0 Å². The predicted molar refractivity (Wildman–Crippen MR) is 459 cm³/mol. The van der Waals surface area contributed by atoms with Crippen molar-refractivity contribution in [2.24, 2.45) is 5.73 Å². The van der Waals surface area contributed by atoms with Crippen LogP contribution in [-0.2, 0) is 0 Å². The van der Waals surface area contributed by atoms with E-state index in [1.807, 2.05) is 178 Å². The van der Waals surface area contributed by atoms with Crippen LogP contribution in [0.2, 0.25) is 5.15 Å². The molecule has 14 rings (SSSR count). The number of hydrogen-bond acceptors (Lipinski definition) is 19. The molecule has 14 aromatic rings. The van der Waals surface area contributed by atoms with Gasteiger partial charge in [-0.15, -0.1) is 0 Å². The highest BCUT2D eigenvalue weighted by atomic mass is 127. The highest BCUT2D eigenvalue weighted by Gasteiger charge is 2.25. The molecule has 0 amide bonds. The SMILES string of the molecule is CC(C)N.COc1cc(-n2ccnc2)ccc1-c1c(C)nn2c(NC(C)C)cc(C)nc12.COc1cc(Br)ccc1-c1c(C)nn2c(Cl)cc(C)nc12.COc1cc(Br)ccc1-c1c(C)nn2c(NC(C)C)cc(C)nc12.COc1cc(I)ccc1-c1c(C)nn2c(NC(C)C)cc(C)nc12.Nc1ccccc1N. The minimum Gasteiger partial charge on any atom is -0.496 e. The molecule has 0 spiro atoms. The van der Waals surface area contributed by atoms with Crippen LogP contribution in [-0.4, -0.2) is 121 Å². The van der Waals surface area contributed by atoms with Gasteiger partial charge < -0.3 is 56.7 Å². The number of aromatic nitrogens is 14. The van der Waals surface area contributed by atoms with Gasteiger partial charge in [-0.05, 0) is 210 Å². The number of halogens is 4. The molecule has 0 saturated heterocycles. The van der Waals surface area contributed by atoms with E-state index in [2.05, 4.69) is 145 Å². The molecule has 9 heterocycles. The van der Waals surface area contributed by atoms with Gasteiger partial charge in [0.05, 0.1) is 96.9 Å². The van der Waals surface area contributed by atoms with Crippen LogP contribution in [0.1, 0.15) is 101 Å². The molecule has 0 aliphatic carbocycles. The Kier molecular flexibility index (Phi) is 28.1. The van der Waals surface area contributed by atoms with Crippen LogP contribution in [0.25, 0.3) is 72.8 Å². The maximum Gasteiger partial charge on any atom is 0.165 e. The second-order valence-corrected chi connectivity index (χ2v) is 30.5. The second-order valence-electron chi connectivity index (χ2n) is 27.0. The number of fused-ring (bicyclic) bond motifs is 4. The fourth-order valence-electron chi connectivity index (χ4n) is 12.0. The van der Waals surface area contributed by atoms with Crippen molar-refractivity contribution < 1.29 is 18.9 Å². The number of methoxy groups -OCH3 is 4. The molecule has 24 nitrogen and oxygen atoms in total. The molecule has 0 unspecified atom stereocenters. The van der Waals surface area contributed by atoms with E-state index in [0.29, 0.717) is 40.7 Å². The first-order chi connectivity index (χ1) is 51.8. The van der Waals surface area contributed by atoms with Crippen LogP contribution < -0.4 is 52.1 Å². The van der Waals surface area contributed by atoms with Gasteiger partial charge in [0.15, 0.2) is 22.6 Å². The molecule has 0 fully saturated rings. The summed E-state index contributed by atoms with van der Waals surface area (Å²) in [5, 5.41) is 29.5. The molecule has 28 heteroatoms. The number of nitrogen functional groups attached to an aromatic ring is 2. The summed E-state index contributed by atoms with van der Waals surface area (Å²) in [7, 11) is 6.71. The fourth-order valence-corrected chi connectivity index (χ4v) is 13.4. The van der Waals surface area contributed by atoms with Gasteiger partial charge in [0, 0.05) is 112 Å². The number of para-hydroxylation sites is 2. The molecule has 9 aromatic heterocycles. The van der Waals surface area contributed by atoms with E-state index in [9.17, 15) is 0 Å². The molecule has 5 aromatic carbocycles. The minimum absolute atomic E-state index is 0.293. The predicted octanol–water partition coefficient (Wildman–Crippen LogP) is 18.7. The normalized spacial score (nSPS) is 11.0. The zero-order chi connectivity index (χ0) is 79.4. The van der Waals surface area contributed by atoms with Gasteiger partial charge in [0.2, 0.25) is 0 Å². The van der Waals surface area contributed by atoms with E-state index in [4.69, 9.17) is 78.0 Å². The lowest BCUT2D eigenvalue weighted by Gasteiger charge is -2.13. The first-order valence-electron chi connectivity index (χ1n) is 35.3. The van der Waals surface area contributed by atoms with Crippen LogP contribution in [0.4, 0.5) is 28.8 Å². The summed E-state index contributed by atoms with van der Waals surface area (Å²) in [6.07, 6.45) is 5.43. The standard InChI is InChI=1S/C21H24N6O.C18H21BrN4O.C18H21IN4O.C15H13BrClN3O.C6H8N2.C3H9N/c1-13(2)23-19-10-14(3)24-21-20(15(4)25-27(19)21)17-7-6-16(11-18(17)28-5)26-9-8-22-12-26;2*1-10(2)20-16-8-11(3)21-18-17(12(4)22-23(16)18)14-7-6-13(19)9-15(14)24-5;1-8-6-13(17)20-15(18-8)14(9(2)19-20)11-5-4-10(16)7-12(11)21-3;7-5-3-1-2-4-6(5)8;1-3(2)4/h6-13,23H,1-5H3;2*6-10,20H,1-5H3;4-7H,1-3H3;1-4H,7-8H2;3H,4H2,1-2H3. The van der Waals surface area contributed by atoms with Gasteiger partial charge in [-0.3, -0.25) is 0 Å². The highest BCUT2D eigenvalue weighted by Crippen LogP contribution is 2.42. The number of hydrogen-bond donors (Lipinski definition) is 6. The number of anilines is 5. The third-order valence-corrected chi connectivity index (χ3v) is 18.3. The van der Waals surface area contributed by atoms with Crippen molar-refractivity contribution >= 4 is 117 Å². The molecule has 0 aliphatic rings. The molecule has 0 aliphatic heterocycles. The van der Waals surface area contributed by atoms with Crippen LogP contribution in [0.3, 0.4) is 0 Å². The lowest BCUT2D eigenvalue weighted by Crippen LogP contribution is -2.14. The molecule has 0 saturated carbocycles. The molecule has 0 atom stereocenters. The number of nitrogens with two attached hydrogens (primary N) is 3. The second kappa shape index (κ2) is 36.9. The summed E-state index contributed by atoms with van der Waals surface area (Å²) in [4.78, 5) is 22.9. The highest BCUT2D eigenvalue weighted by molar-refractivity contribution is 14.1. The molecule has 109 heavy (non-hydrogen) atoms. The summed E-state index contributed by atoms with van der Waals surface area (Å²) < 4.78 is 34.7. The maximum absolute atomic E-state index is 6.26. The Morgan fingerprint density at radius 3 is 1.09 bits per heavy atom. The Hall–Kier alpha value is -10.1. The summed E-state index contributed by atoms with van der Waals surface area (Å²) in [5.41, 5.74) is 36.5. The smallest absolute Gasteiger partial charge is 0.165 e. The zero-order valence-electron chi connectivity index (χ0n) is 65.2. The van der Waals surface area contributed by atoms with Crippen molar-refractivity contribution in [3.63, 3.8) is 0 Å². The van der Waals surface area contributed by atoms with Crippen molar-refractivity contribution in [1.29, 1.82) is 0 Å². The molecule has 0 bridgehead atoms. The van der Waals surface area contributed by atoms with Gasteiger partial charge in [-0.2, -0.15) is 33.9 Å². The van der Waals surface area contributed by atoms with Crippen LogP contribution >= 0.6 is 66.1 Å². The van der Waals surface area contributed by atoms with E-state index in [1.54, 1.807) is 63.7 Å². The summed E-state index contributed by atoms with van der Waals surface area (Å²) in [5.74, 6) is 5.99. The first kappa shape index (κ1) is 83.0. The Balaban J connectivity index is 0.000000160. The maximum atomic E-state index is 6.26. The summed E-state index contributed by atoms with van der Waals surface area (Å²) in [6, 6.07) is 40.5. The van der Waals surface area contributed by atoms with Crippen LogP contribution in [0.5, 0.6) is 23.0 Å². The van der Waals surface area contributed by atoms with Crippen molar-refractivity contribution in [1.82, 2.24) is 67.9 Å². The average molecular weight is 1740 g/mol. The number of aryl methyl sites for hydroxylation is 8. The van der Waals surface area contributed by atoms with Crippen LogP contribution in [0, 0.1) is 59.0 Å². The van der Waals surface area contributed by atoms with Gasteiger partial charge in [0.1, 0.15) is 45.6 Å². The van der Waals surface area contributed by atoms with Gasteiger partial charge in [-0.25, -0.2) is 29.4 Å². The molecule has 0 radical (unpaired) electrons. The minimum atomic E-state index is 0.293. The Labute approximate surface area is 672 Å².